The Labute approximate surface area is 127 Å². The number of carbonyl (C=O) groups is 1. The first kappa shape index (κ1) is 13.5. The van der Waals surface area contributed by atoms with Gasteiger partial charge in [0.15, 0.2) is 0 Å². The zero-order chi connectivity index (χ0) is 14.3. The second-order valence-electron chi connectivity index (χ2n) is 4.78. The number of carbonyl (C=O) groups excluding carboxylic acids is 1. The molecule has 0 saturated heterocycles. The average Bonchev–Trinajstić information content (AvgIpc) is 2.51. The van der Waals surface area contributed by atoms with Crippen LogP contribution in [0.25, 0.3) is 0 Å². The lowest BCUT2D eigenvalue weighted by atomic mass is 9.84. The molecule has 2 atom stereocenters. The Morgan fingerprint density at radius 2 is 1.50 bits per heavy atom. The molecule has 2 nitrogen and oxygen atoms in total. The Kier molecular flexibility index (Phi) is 3.45. The number of benzene rings is 2. The summed E-state index contributed by atoms with van der Waals surface area (Å²) in [5.74, 6) is -0.123. The van der Waals surface area contributed by atoms with E-state index in [4.69, 9.17) is 23.2 Å². The molecule has 2 aromatic rings. The standard InChI is InChI=1S/C16H13Cl2NO/c1-19-16(20)9-6-7-12-13(8-9)15(18)11-5-3-2-4-10(11)14(12)17/h2-8,14-15H,1H3,(H,19,20)/t14-,15-/m0/s1. The van der Waals surface area contributed by atoms with Gasteiger partial charge in [0.2, 0.25) is 0 Å². The Morgan fingerprint density at radius 1 is 0.950 bits per heavy atom. The molecular formula is C16H13Cl2NO. The Bertz CT molecular complexity index is 684. The van der Waals surface area contributed by atoms with Crippen molar-refractivity contribution in [2.24, 2.45) is 0 Å². The lowest BCUT2D eigenvalue weighted by molar-refractivity contribution is 0.0963. The van der Waals surface area contributed by atoms with Crippen molar-refractivity contribution in [3.05, 3.63) is 70.3 Å². The first-order valence-electron chi connectivity index (χ1n) is 6.36. The van der Waals surface area contributed by atoms with E-state index in [1.54, 1.807) is 13.1 Å². The Hall–Kier alpha value is -1.51. The van der Waals surface area contributed by atoms with E-state index in [0.717, 1.165) is 22.3 Å². The van der Waals surface area contributed by atoms with E-state index < -0.39 is 0 Å². The predicted octanol–water partition coefficient (Wildman–Crippen LogP) is 4.02. The molecule has 0 unspecified atom stereocenters. The van der Waals surface area contributed by atoms with Crippen molar-refractivity contribution in [3.63, 3.8) is 0 Å². The molecule has 3 rings (SSSR count). The van der Waals surface area contributed by atoms with Gasteiger partial charge in [0, 0.05) is 12.6 Å². The number of hydrogen-bond acceptors (Lipinski definition) is 1. The number of nitrogens with one attached hydrogen (secondary N) is 1. The van der Waals surface area contributed by atoms with E-state index in [0.29, 0.717) is 5.56 Å². The van der Waals surface area contributed by atoms with Gasteiger partial charge in [-0.25, -0.2) is 0 Å². The minimum absolute atomic E-state index is 0.123. The molecule has 0 aliphatic heterocycles. The van der Waals surface area contributed by atoms with E-state index in [1.807, 2.05) is 36.4 Å². The van der Waals surface area contributed by atoms with Crippen LogP contribution in [-0.4, -0.2) is 13.0 Å². The molecular weight excluding hydrogens is 293 g/mol. The van der Waals surface area contributed by atoms with E-state index in [1.165, 1.54) is 0 Å². The third-order valence-corrected chi connectivity index (χ3v) is 4.60. The van der Waals surface area contributed by atoms with Gasteiger partial charge in [-0.05, 0) is 34.4 Å². The molecule has 4 heteroatoms. The van der Waals surface area contributed by atoms with Crippen LogP contribution in [0.2, 0.25) is 0 Å². The summed E-state index contributed by atoms with van der Waals surface area (Å²) in [6, 6.07) is 13.4. The van der Waals surface area contributed by atoms with Gasteiger partial charge in [0.05, 0.1) is 10.8 Å². The van der Waals surface area contributed by atoms with E-state index in [2.05, 4.69) is 5.32 Å². The maximum Gasteiger partial charge on any atom is 0.251 e. The fourth-order valence-electron chi connectivity index (χ4n) is 2.62. The third-order valence-electron chi connectivity index (χ3n) is 3.66. The van der Waals surface area contributed by atoms with Crippen LogP contribution in [0.15, 0.2) is 42.5 Å². The summed E-state index contributed by atoms with van der Waals surface area (Å²) in [5.41, 5.74) is 4.52. The number of amides is 1. The van der Waals surface area contributed by atoms with Crippen molar-refractivity contribution in [3.8, 4) is 0 Å². The highest BCUT2D eigenvalue weighted by Gasteiger charge is 2.30. The smallest absolute Gasteiger partial charge is 0.251 e. The van der Waals surface area contributed by atoms with Gasteiger partial charge in [-0.2, -0.15) is 0 Å². The second kappa shape index (κ2) is 5.12. The van der Waals surface area contributed by atoms with Crippen molar-refractivity contribution >= 4 is 29.1 Å². The van der Waals surface area contributed by atoms with Crippen LogP contribution < -0.4 is 5.32 Å². The van der Waals surface area contributed by atoms with Crippen molar-refractivity contribution in [1.82, 2.24) is 5.32 Å². The molecule has 0 saturated carbocycles. The van der Waals surface area contributed by atoms with Gasteiger partial charge in [-0.3, -0.25) is 4.79 Å². The van der Waals surface area contributed by atoms with E-state index in [-0.39, 0.29) is 16.7 Å². The van der Waals surface area contributed by atoms with Crippen LogP contribution in [0, 0.1) is 0 Å². The number of halogens is 2. The zero-order valence-corrected chi connectivity index (χ0v) is 12.4. The predicted molar refractivity (Wildman–Crippen MR) is 81.7 cm³/mol. The molecule has 1 N–H and O–H groups in total. The number of alkyl halides is 2. The SMILES string of the molecule is CNC(=O)c1ccc2c(c1)[C@@H](Cl)c1ccccc1[C@@H]2Cl. The second-order valence-corrected chi connectivity index (χ2v) is 5.65. The van der Waals surface area contributed by atoms with Crippen LogP contribution in [-0.2, 0) is 0 Å². The lowest BCUT2D eigenvalue weighted by Crippen LogP contribution is -2.19. The van der Waals surface area contributed by atoms with Crippen LogP contribution in [0.3, 0.4) is 0 Å². The maximum absolute atomic E-state index is 11.7. The number of hydrogen-bond donors (Lipinski definition) is 1. The fourth-order valence-corrected chi connectivity index (χ4v) is 3.40. The molecule has 2 aromatic carbocycles. The molecule has 20 heavy (non-hydrogen) atoms. The fraction of sp³-hybridized carbons (Fsp3) is 0.188. The molecule has 0 aromatic heterocycles. The monoisotopic (exact) mass is 305 g/mol. The Morgan fingerprint density at radius 3 is 2.10 bits per heavy atom. The minimum Gasteiger partial charge on any atom is -0.355 e. The van der Waals surface area contributed by atoms with Gasteiger partial charge in [0.25, 0.3) is 5.91 Å². The topological polar surface area (TPSA) is 29.1 Å². The molecule has 1 aliphatic rings. The molecule has 0 spiro atoms. The third kappa shape index (κ3) is 2.00. The largest absolute Gasteiger partial charge is 0.355 e. The summed E-state index contributed by atoms with van der Waals surface area (Å²) in [6.45, 7) is 0. The van der Waals surface area contributed by atoms with Crippen molar-refractivity contribution in [2.75, 3.05) is 7.05 Å². The molecule has 1 amide bonds. The first-order chi connectivity index (χ1) is 9.63. The average molecular weight is 306 g/mol. The van der Waals surface area contributed by atoms with Gasteiger partial charge < -0.3 is 5.32 Å². The lowest BCUT2D eigenvalue weighted by Gasteiger charge is -2.28. The Balaban J connectivity index is 2.15. The van der Waals surface area contributed by atoms with E-state index in [9.17, 15) is 4.79 Å². The normalized spacial score (nSPS) is 19.9. The summed E-state index contributed by atoms with van der Waals surface area (Å²) >= 11 is 13.1. The van der Waals surface area contributed by atoms with Crippen LogP contribution >= 0.6 is 23.2 Å². The summed E-state index contributed by atoms with van der Waals surface area (Å²) in [6.07, 6.45) is 0. The molecule has 0 bridgehead atoms. The quantitative estimate of drug-likeness (QED) is 0.792. The number of rotatable bonds is 1. The van der Waals surface area contributed by atoms with Crippen LogP contribution in [0.1, 0.15) is 43.4 Å². The highest BCUT2D eigenvalue weighted by atomic mass is 35.5. The molecule has 1 aliphatic carbocycles. The minimum atomic E-state index is -0.277. The first-order valence-corrected chi connectivity index (χ1v) is 7.23. The molecule has 0 fully saturated rings. The molecule has 0 heterocycles. The summed E-state index contributed by atoms with van der Waals surface area (Å²) in [7, 11) is 1.61. The van der Waals surface area contributed by atoms with Crippen molar-refractivity contribution in [1.29, 1.82) is 0 Å². The molecule has 102 valence electrons. The van der Waals surface area contributed by atoms with Crippen molar-refractivity contribution in [2.45, 2.75) is 10.8 Å². The van der Waals surface area contributed by atoms with Gasteiger partial charge >= 0.3 is 0 Å². The van der Waals surface area contributed by atoms with Crippen molar-refractivity contribution < 1.29 is 4.79 Å². The zero-order valence-electron chi connectivity index (χ0n) is 10.9. The van der Waals surface area contributed by atoms with Gasteiger partial charge in [-0.1, -0.05) is 30.3 Å². The maximum atomic E-state index is 11.7. The van der Waals surface area contributed by atoms with E-state index >= 15 is 0 Å². The van der Waals surface area contributed by atoms with Gasteiger partial charge in [-0.15, -0.1) is 23.2 Å². The molecule has 0 radical (unpaired) electrons. The highest BCUT2D eigenvalue weighted by Crippen LogP contribution is 2.46. The van der Waals surface area contributed by atoms with Crippen LogP contribution in [0.4, 0.5) is 0 Å². The number of fused-ring (bicyclic) bond motifs is 2. The highest BCUT2D eigenvalue weighted by molar-refractivity contribution is 6.26. The summed E-state index contributed by atoms with van der Waals surface area (Å²) in [5, 5.41) is 2.11. The summed E-state index contributed by atoms with van der Waals surface area (Å²) in [4.78, 5) is 11.7. The van der Waals surface area contributed by atoms with Gasteiger partial charge in [0.1, 0.15) is 0 Å². The van der Waals surface area contributed by atoms with Crippen LogP contribution in [0.5, 0.6) is 0 Å². The summed E-state index contributed by atoms with van der Waals surface area (Å²) < 4.78 is 0.